The van der Waals surface area contributed by atoms with Crippen LogP contribution in [0.25, 0.3) is 10.9 Å². The van der Waals surface area contributed by atoms with E-state index in [4.69, 9.17) is 11.5 Å². The van der Waals surface area contributed by atoms with Crippen LogP contribution in [-0.4, -0.2) is 81.8 Å². The summed E-state index contributed by atoms with van der Waals surface area (Å²) >= 11 is 0. The number of likely N-dealkylation sites (tertiary alicyclic amines) is 1. The standard InChI is InChI=1S/C33H43N7O6/c1-19(2)14-27(39-32(45)28-8-5-13-40(28)33(46)24(34)15-20-9-11-22(41)12-10-20)31(44)37-18-29(42)38-26(30(35)43)16-21-17-36-25-7-4-3-6-23(21)25/h3-4,6-7,9-12,17,19,24,26-28,36,41H,5,8,13-16,18,34H2,1-2H3,(H2,35,43)(H,37,44)(H,38,42)(H,39,45). The molecule has 0 bridgehead atoms. The molecular formula is C33H43N7O6. The smallest absolute Gasteiger partial charge is 0.243 e. The van der Waals surface area contributed by atoms with Crippen molar-refractivity contribution in [1.29, 1.82) is 0 Å². The quantitative estimate of drug-likeness (QED) is 0.134. The molecule has 13 heteroatoms. The highest BCUT2D eigenvalue weighted by Crippen LogP contribution is 2.21. The summed E-state index contributed by atoms with van der Waals surface area (Å²) in [5, 5.41) is 18.3. The van der Waals surface area contributed by atoms with E-state index in [1.165, 1.54) is 17.0 Å². The van der Waals surface area contributed by atoms with Crippen LogP contribution in [0.5, 0.6) is 5.75 Å². The zero-order chi connectivity index (χ0) is 33.4. The molecule has 5 amide bonds. The minimum atomic E-state index is -0.999. The topological polar surface area (TPSA) is 213 Å². The summed E-state index contributed by atoms with van der Waals surface area (Å²) in [6.07, 6.45) is 3.49. The number of nitrogens with zero attached hydrogens (tertiary/aromatic N) is 1. The third-order valence-corrected chi connectivity index (χ3v) is 8.09. The van der Waals surface area contributed by atoms with Crippen LogP contribution < -0.4 is 27.4 Å². The number of phenolic OH excluding ortho intramolecular Hbond substituents is 1. The molecule has 4 rings (SSSR count). The Morgan fingerprint density at radius 2 is 1.72 bits per heavy atom. The molecule has 0 aliphatic carbocycles. The average Bonchev–Trinajstić information content (AvgIpc) is 3.67. The number of carbonyl (C=O) groups is 5. The van der Waals surface area contributed by atoms with Gasteiger partial charge in [0.2, 0.25) is 29.5 Å². The first-order valence-corrected chi connectivity index (χ1v) is 15.5. The van der Waals surface area contributed by atoms with Crippen molar-refractivity contribution in [3.63, 3.8) is 0 Å². The van der Waals surface area contributed by atoms with Crippen LogP contribution in [0, 0.1) is 5.92 Å². The summed E-state index contributed by atoms with van der Waals surface area (Å²) in [5.74, 6) is -2.60. The monoisotopic (exact) mass is 633 g/mol. The molecule has 1 aliphatic rings. The van der Waals surface area contributed by atoms with Crippen LogP contribution in [0.2, 0.25) is 0 Å². The van der Waals surface area contributed by atoms with Crippen molar-refractivity contribution in [2.75, 3.05) is 13.1 Å². The number of rotatable bonds is 14. The fourth-order valence-corrected chi connectivity index (χ4v) is 5.74. The van der Waals surface area contributed by atoms with Crippen molar-refractivity contribution >= 4 is 40.4 Å². The molecule has 46 heavy (non-hydrogen) atoms. The van der Waals surface area contributed by atoms with Gasteiger partial charge in [0.05, 0.1) is 12.6 Å². The van der Waals surface area contributed by atoms with Gasteiger partial charge in [-0.25, -0.2) is 0 Å². The molecule has 0 saturated carbocycles. The lowest BCUT2D eigenvalue weighted by atomic mass is 10.0. The summed E-state index contributed by atoms with van der Waals surface area (Å²) in [4.78, 5) is 69.3. The second kappa shape index (κ2) is 15.4. The molecule has 0 radical (unpaired) electrons. The van der Waals surface area contributed by atoms with Crippen molar-refractivity contribution < 1.29 is 29.1 Å². The third kappa shape index (κ3) is 8.84. The molecule has 4 unspecified atom stereocenters. The Labute approximate surface area is 267 Å². The Balaban J connectivity index is 1.33. The number of aromatic nitrogens is 1. The second-order valence-electron chi connectivity index (χ2n) is 12.2. The van der Waals surface area contributed by atoms with Crippen LogP contribution in [0.15, 0.2) is 54.7 Å². The maximum absolute atomic E-state index is 13.4. The molecule has 4 atom stereocenters. The zero-order valence-corrected chi connectivity index (χ0v) is 26.1. The lowest BCUT2D eigenvalue weighted by Crippen LogP contribution is -2.56. The molecule has 1 aliphatic heterocycles. The summed E-state index contributed by atoms with van der Waals surface area (Å²) < 4.78 is 0. The Bertz CT molecular complexity index is 1550. The van der Waals surface area contributed by atoms with E-state index in [0.29, 0.717) is 25.8 Å². The van der Waals surface area contributed by atoms with Crippen molar-refractivity contribution in [1.82, 2.24) is 25.8 Å². The van der Waals surface area contributed by atoms with Crippen molar-refractivity contribution in [2.45, 2.75) is 70.1 Å². The van der Waals surface area contributed by atoms with Gasteiger partial charge in [-0.05, 0) is 60.9 Å². The molecule has 1 saturated heterocycles. The molecule has 9 N–H and O–H groups in total. The first kappa shape index (κ1) is 34.0. The van der Waals surface area contributed by atoms with E-state index in [9.17, 15) is 29.1 Å². The molecule has 1 aromatic heterocycles. The van der Waals surface area contributed by atoms with Gasteiger partial charge in [-0.15, -0.1) is 0 Å². The Morgan fingerprint density at radius 1 is 1.00 bits per heavy atom. The number of primary amides is 1. The second-order valence-corrected chi connectivity index (χ2v) is 12.2. The van der Waals surface area contributed by atoms with Gasteiger partial charge in [0.25, 0.3) is 0 Å². The van der Waals surface area contributed by atoms with Crippen LogP contribution in [0.3, 0.4) is 0 Å². The molecule has 246 valence electrons. The van der Waals surface area contributed by atoms with E-state index in [1.807, 2.05) is 38.1 Å². The number of aromatic amines is 1. The van der Waals surface area contributed by atoms with Gasteiger partial charge < -0.3 is 42.4 Å². The number of amides is 5. The predicted molar refractivity (Wildman–Crippen MR) is 172 cm³/mol. The number of aromatic hydroxyl groups is 1. The molecular weight excluding hydrogens is 590 g/mol. The van der Waals surface area contributed by atoms with Gasteiger partial charge in [-0.3, -0.25) is 24.0 Å². The van der Waals surface area contributed by atoms with E-state index in [-0.39, 0.29) is 30.4 Å². The van der Waals surface area contributed by atoms with E-state index >= 15 is 0 Å². The van der Waals surface area contributed by atoms with Crippen LogP contribution in [-0.2, 0) is 36.8 Å². The fraction of sp³-hybridized carbons (Fsp3) is 0.424. The summed E-state index contributed by atoms with van der Waals surface area (Å²) in [7, 11) is 0. The van der Waals surface area contributed by atoms with Crippen molar-refractivity contribution in [2.24, 2.45) is 17.4 Å². The van der Waals surface area contributed by atoms with Gasteiger partial charge in [0.1, 0.15) is 23.9 Å². The summed E-state index contributed by atoms with van der Waals surface area (Å²) in [6.45, 7) is 3.73. The maximum atomic E-state index is 13.4. The number of para-hydroxylation sites is 1. The highest BCUT2D eigenvalue weighted by molar-refractivity contribution is 5.95. The van der Waals surface area contributed by atoms with E-state index in [0.717, 1.165) is 22.0 Å². The van der Waals surface area contributed by atoms with Gasteiger partial charge in [0.15, 0.2) is 0 Å². The van der Waals surface area contributed by atoms with Crippen LogP contribution in [0.1, 0.15) is 44.2 Å². The molecule has 0 spiro atoms. The van der Waals surface area contributed by atoms with Gasteiger partial charge in [-0.2, -0.15) is 0 Å². The molecule has 2 aromatic carbocycles. The molecule has 3 aromatic rings. The number of phenols is 1. The number of nitrogens with one attached hydrogen (secondary N) is 4. The minimum Gasteiger partial charge on any atom is -0.508 e. The minimum absolute atomic E-state index is 0.0281. The number of hydrogen-bond donors (Lipinski definition) is 7. The number of benzene rings is 2. The first-order valence-electron chi connectivity index (χ1n) is 15.5. The Kier molecular flexibility index (Phi) is 11.4. The van der Waals surface area contributed by atoms with Gasteiger partial charge in [-0.1, -0.05) is 44.2 Å². The number of H-pyrrole nitrogens is 1. The molecule has 13 nitrogen and oxygen atoms in total. The number of fused-ring (bicyclic) bond motifs is 1. The fourth-order valence-electron chi connectivity index (χ4n) is 5.74. The highest BCUT2D eigenvalue weighted by atomic mass is 16.3. The number of carbonyl (C=O) groups excluding carboxylic acids is 5. The maximum Gasteiger partial charge on any atom is 0.243 e. The van der Waals surface area contributed by atoms with Gasteiger partial charge in [0, 0.05) is 30.1 Å². The first-order chi connectivity index (χ1) is 21.9. The lowest BCUT2D eigenvalue weighted by molar-refractivity contribution is -0.140. The van der Waals surface area contributed by atoms with E-state index in [2.05, 4.69) is 20.9 Å². The SMILES string of the molecule is CC(C)CC(NC(=O)C1CCCN1C(=O)C(N)Cc1ccc(O)cc1)C(=O)NCC(=O)NC(Cc1c[nH]c2ccccc12)C(N)=O. The Hall–Kier alpha value is -4.91. The predicted octanol–water partition coefficient (Wildman–Crippen LogP) is 0.594. The highest BCUT2D eigenvalue weighted by Gasteiger charge is 2.37. The van der Waals surface area contributed by atoms with Crippen molar-refractivity contribution in [3.05, 3.63) is 65.9 Å². The lowest BCUT2D eigenvalue weighted by Gasteiger charge is -2.28. The van der Waals surface area contributed by atoms with Gasteiger partial charge >= 0.3 is 0 Å². The normalized spacial score (nSPS) is 16.5. The number of nitrogens with two attached hydrogens (primary N) is 2. The summed E-state index contributed by atoms with van der Waals surface area (Å²) in [5.41, 5.74) is 14.3. The Morgan fingerprint density at radius 3 is 2.41 bits per heavy atom. The van der Waals surface area contributed by atoms with Crippen LogP contribution >= 0.6 is 0 Å². The van der Waals surface area contributed by atoms with E-state index < -0.39 is 54.3 Å². The van der Waals surface area contributed by atoms with Crippen molar-refractivity contribution in [3.8, 4) is 5.75 Å². The molecule has 2 heterocycles. The molecule has 1 fully saturated rings. The summed E-state index contributed by atoms with van der Waals surface area (Å²) in [6, 6.07) is 10.3. The zero-order valence-electron chi connectivity index (χ0n) is 26.1. The third-order valence-electron chi connectivity index (χ3n) is 8.09. The number of hydrogen-bond acceptors (Lipinski definition) is 7. The average molecular weight is 634 g/mol. The largest absolute Gasteiger partial charge is 0.508 e. The van der Waals surface area contributed by atoms with E-state index in [1.54, 1.807) is 18.3 Å². The van der Waals surface area contributed by atoms with Crippen LogP contribution in [0.4, 0.5) is 0 Å².